The predicted octanol–water partition coefficient (Wildman–Crippen LogP) is 4.12. The van der Waals surface area contributed by atoms with Crippen molar-refractivity contribution >= 4 is 39.1 Å². The van der Waals surface area contributed by atoms with E-state index < -0.39 is 0 Å². The number of aryl methyl sites for hydroxylation is 1. The van der Waals surface area contributed by atoms with Gasteiger partial charge in [-0.2, -0.15) is 0 Å². The van der Waals surface area contributed by atoms with Crippen LogP contribution in [0, 0.1) is 6.92 Å². The Balaban J connectivity index is 1.96. The number of nitrogens with one attached hydrogen (secondary N) is 2. The molecule has 5 nitrogen and oxygen atoms in total. The van der Waals surface area contributed by atoms with Gasteiger partial charge in [-0.15, -0.1) is 0 Å². The highest BCUT2D eigenvalue weighted by molar-refractivity contribution is 9.10. The molecule has 0 spiro atoms. The van der Waals surface area contributed by atoms with Gasteiger partial charge in [-0.1, -0.05) is 28.9 Å². The Morgan fingerprint density at radius 1 is 1.04 bits per heavy atom. The second kappa shape index (κ2) is 8.49. The summed E-state index contributed by atoms with van der Waals surface area (Å²) in [5, 5.41) is 5.57. The molecule has 0 aliphatic carbocycles. The lowest BCUT2D eigenvalue weighted by atomic mass is 10.1. The third-order valence-corrected chi connectivity index (χ3v) is 3.83. The van der Waals surface area contributed by atoms with E-state index in [2.05, 4.69) is 26.6 Å². The van der Waals surface area contributed by atoms with Crippen molar-refractivity contribution in [3.05, 3.63) is 52.5 Å². The Labute approximate surface area is 149 Å². The van der Waals surface area contributed by atoms with Gasteiger partial charge in [0.15, 0.2) is 6.61 Å². The van der Waals surface area contributed by atoms with E-state index in [4.69, 9.17) is 4.74 Å². The number of ether oxygens (including phenoxy) is 1. The van der Waals surface area contributed by atoms with Gasteiger partial charge < -0.3 is 15.4 Å². The van der Waals surface area contributed by atoms with Crippen molar-refractivity contribution in [2.45, 2.75) is 20.3 Å². The van der Waals surface area contributed by atoms with Crippen LogP contribution in [0.5, 0.6) is 5.75 Å². The summed E-state index contributed by atoms with van der Waals surface area (Å²) in [6.07, 6.45) is 0.399. The summed E-state index contributed by atoms with van der Waals surface area (Å²) < 4.78 is 6.39. The van der Waals surface area contributed by atoms with Crippen LogP contribution in [0.2, 0.25) is 0 Å². The summed E-state index contributed by atoms with van der Waals surface area (Å²) in [5.74, 6) is 0.281. The number of amides is 2. The van der Waals surface area contributed by atoms with Crippen LogP contribution < -0.4 is 15.4 Å². The third-order valence-electron chi connectivity index (χ3n) is 3.30. The van der Waals surface area contributed by atoms with E-state index in [1.807, 2.05) is 25.1 Å². The number of carbonyl (C=O) groups excluding carboxylic acids is 2. The summed E-state index contributed by atoms with van der Waals surface area (Å²) in [6, 6.07) is 12.6. The van der Waals surface area contributed by atoms with Crippen LogP contribution >= 0.6 is 15.9 Å². The molecule has 24 heavy (non-hydrogen) atoms. The fraction of sp³-hybridized carbons (Fsp3) is 0.222. The lowest BCUT2D eigenvalue weighted by Gasteiger charge is -2.12. The fourth-order valence-corrected chi connectivity index (χ4v) is 2.21. The van der Waals surface area contributed by atoms with Crippen molar-refractivity contribution in [3.8, 4) is 5.75 Å². The lowest BCUT2D eigenvalue weighted by Crippen LogP contribution is -2.21. The van der Waals surface area contributed by atoms with Gasteiger partial charge in [-0.05, 0) is 48.9 Å². The predicted molar refractivity (Wildman–Crippen MR) is 98.4 cm³/mol. The first-order valence-corrected chi connectivity index (χ1v) is 8.36. The minimum Gasteiger partial charge on any atom is -0.484 e. The van der Waals surface area contributed by atoms with Crippen LogP contribution in [0.25, 0.3) is 0 Å². The monoisotopic (exact) mass is 390 g/mol. The Morgan fingerprint density at radius 2 is 1.75 bits per heavy atom. The molecule has 0 heterocycles. The minimum absolute atomic E-state index is 0.0744. The van der Waals surface area contributed by atoms with Crippen LogP contribution in [0.3, 0.4) is 0 Å². The van der Waals surface area contributed by atoms with E-state index in [9.17, 15) is 9.59 Å². The summed E-state index contributed by atoms with van der Waals surface area (Å²) >= 11 is 3.34. The normalized spacial score (nSPS) is 10.1. The van der Waals surface area contributed by atoms with Gasteiger partial charge in [0.1, 0.15) is 5.75 Å². The quantitative estimate of drug-likeness (QED) is 0.779. The lowest BCUT2D eigenvalue weighted by molar-refractivity contribution is -0.118. The average molecular weight is 391 g/mol. The van der Waals surface area contributed by atoms with Crippen LogP contribution in [0.4, 0.5) is 11.4 Å². The molecule has 2 rings (SSSR count). The van der Waals surface area contributed by atoms with E-state index in [0.717, 1.165) is 10.0 Å². The summed E-state index contributed by atoms with van der Waals surface area (Å²) in [6.45, 7) is 3.58. The summed E-state index contributed by atoms with van der Waals surface area (Å²) in [5.41, 5.74) is 2.20. The van der Waals surface area contributed by atoms with Crippen molar-refractivity contribution in [2.75, 3.05) is 17.2 Å². The second-order valence-electron chi connectivity index (χ2n) is 5.22. The molecule has 0 aliphatic rings. The Hall–Kier alpha value is -2.34. The molecule has 0 atom stereocenters. The van der Waals surface area contributed by atoms with Gasteiger partial charge in [-0.25, -0.2) is 0 Å². The maximum absolute atomic E-state index is 12.1. The molecule has 2 amide bonds. The number of anilines is 2. The molecule has 0 fully saturated rings. The maximum atomic E-state index is 12.1. The Morgan fingerprint density at radius 3 is 2.42 bits per heavy atom. The average Bonchev–Trinajstić information content (AvgIpc) is 2.57. The zero-order valence-corrected chi connectivity index (χ0v) is 15.1. The van der Waals surface area contributed by atoms with Gasteiger partial charge >= 0.3 is 0 Å². The van der Waals surface area contributed by atoms with Crippen molar-refractivity contribution in [3.63, 3.8) is 0 Å². The van der Waals surface area contributed by atoms with Gasteiger partial charge in [0.25, 0.3) is 5.91 Å². The largest absolute Gasteiger partial charge is 0.484 e. The van der Waals surface area contributed by atoms with E-state index in [1.54, 1.807) is 31.2 Å². The Bertz CT molecular complexity index is 730. The smallest absolute Gasteiger partial charge is 0.262 e. The summed E-state index contributed by atoms with van der Waals surface area (Å²) in [4.78, 5) is 23.5. The highest BCUT2D eigenvalue weighted by atomic mass is 79.9. The van der Waals surface area contributed by atoms with Gasteiger partial charge in [-0.3, -0.25) is 9.59 Å². The molecule has 0 saturated carbocycles. The molecule has 2 N–H and O–H groups in total. The first-order valence-electron chi connectivity index (χ1n) is 7.56. The maximum Gasteiger partial charge on any atom is 0.262 e. The number of benzene rings is 2. The van der Waals surface area contributed by atoms with Gasteiger partial charge in [0, 0.05) is 22.3 Å². The first kappa shape index (κ1) is 18.0. The standard InChI is InChI=1S/C18H19BrN2O3/c1-3-17(22)20-14-7-4-12(2)16(10-14)21-18(23)11-24-15-8-5-13(19)6-9-15/h4-10H,3,11H2,1-2H3,(H,20,22)(H,21,23). The number of rotatable bonds is 6. The summed E-state index contributed by atoms with van der Waals surface area (Å²) in [7, 11) is 0. The molecular formula is C18H19BrN2O3. The van der Waals surface area contributed by atoms with E-state index in [-0.39, 0.29) is 18.4 Å². The number of carbonyl (C=O) groups is 2. The van der Waals surface area contributed by atoms with Gasteiger partial charge in [0.05, 0.1) is 0 Å². The number of halogens is 1. The molecule has 0 radical (unpaired) electrons. The molecule has 0 aromatic heterocycles. The van der Waals surface area contributed by atoms with Gasteiger partial charge in [0.2, 0.25) is 5.91 Å². The first-order chi connectivity index (χ1) is 11.5. The third kappa shape index (κ3) is 5.38. The molecule has 2 aromatic rings. The highest BCUT2D eigenvalue weighted by Crippen LogP contribution is 2.21. The molecule has 0 bridgehead atoms. The number of hydrogen-bond donors (Lipinski definition) is 2. The molecule has 6 heteroatoms. The van der Waals surface area contributed by atoms with Crippen LogP contribution in [0.1, 0.15) is 18.9 Å². The van der Waals surface area contributed by atoms with E-state index in [1.165, 1.54) is 0 Å². The number of hydrogen-bond acceptors (Lipinski definition) is 3. The van der Waals surface area contributed by atoms with Crippen LogP contribution in [0.15, 0.2) is 46.9 Å². The van der Waals surface area contributed by atoms with Crippen LogP contribution in [-0.2, 0) is 9.59 Å². The zero-order chi connectivity index (χ0) is 17.5. The molecule has 0 aliphatic heterocycles. The van der Waals surface area contributed by atoms with E-state index in [0.29, 0.717) is 23.5 Å². The highest BCUT2D eigenvalue weighted by Gasteiger charge is 2.08. The fourth-order valence-electron chi connectivity index (χ4n) is 1.95. The second-order valence-corrected chi connectivity index (χ2v) is 6.14. The van der Waals surface area contributed by atoms with Crippen LogP contribution in [-0.4, -0.2) is 18.4 Å². The molecule has 126 valence electrons. The zero-order valence-electron chi connectivity index (χ0n) is 13.6. The molecule has 0 saturated heterocycles. The molecule has 2 aromatic carbocycles. The van der Waals surface area contributed by atoms with Crippen molar-refractivity contribution in [2.24, 2.45) is 0 Å². The SMILES string of the molecule is CCC(=O)Nc1ccc(C)c(NC(=O)COc2ccc(Br)cc2)c1. The molecule has 0 unspecified atom stereocenters. The van der Waals surface area contributed by atoms with Crippen molar-refractivity contribution in [1.29, 1.82) is 0 Å². The van der Waals surface area contributed by atoms with E-state index >= 15 is 0 Å². The van der Waals surface area contributed by atoms with Crippen molar-refractivity contribution in [1.82, 2.24) is 0 Å². The van der Waals surface area contributed by atoms with Crippen molar-refractivity contribution < 1.29 is 14.3 Å². The topological polar surface area (TPSA) is 67.4 Å². The molecular weight excluding hydrogens is 372 g/mol. The Kier molecular flexibility index (Phi) is 6.37. The minimum atomic E-state index is -0.264.